The molecule has 172 valence electrons. The van der Waals surface area contributed by atoms with Crippen molar-refractivity contribution in [2.75, 3.05) is 19.1 Å². The van der Waals surface area contributed by atoms with E-state index in [0.717, 1.165) is 0 Å². The number of amides is 1. The lowest BCUT2D eigenvalue weighted by atomic mass is 10.00. The van der Waals surface area contributed by atoms with E-state index in [-0.39, 0.29) is 11.3 Å². The highest BCUT2D eigenvalue weighted by Crippen LogP contribution is 2.44. The summed E-state index contributed by atoms with van der Waals surface area (Å²) >= 11 is 7.52. The van der Waals surface area contributed by atoms with Gasteiger partial charge in [0.05, 0.1) is 19.8 Å². The standard InChI is InChI=1S/C25H18ClNO6S/c1-31-16-6-3-5-15(12-16)27-21(19-7-4-8-34-19)20(23(29)25(27)30)22(28)17-10-13-9-14(26)11-18(32-2)24(13)33-17/h3-12,21,29H,1-2H3. The minimum Gasteiger partial charge on any atom is -0.503 e. The van der Waals surface area contributed by atoms with Crippen LogP contribution in [0, 0.1) is 0 Å². The number of ether oxygens (including phenoxy) is 2. The van der Waals surface area contributed by atoms with Gasteiger partial charge in [0.2, 0.25) is 5.78 Å². The van der Waals surface area contributed by atoms with E-state index in [1.807, 2.05) is 17.5 Å². The Balaban J connectivity index is 1.64. The smallest absolute Gasteiger partial charge is 0.294 e. The molecular weight excluding hydrogens is 478 g/mol. The van der Waals surface area contributed by atoms with Crippen molar-refractivity contribution in [1.82, 2.24) is 0 Å². The summed E-state index contributed by atoms with van der Waals surface area (Å²) in [6.07, 6.45) is 0. The largest absolute Gasteiger partial charge is 0.503 e. The number of furan rings is 1. The second kappa shape index (κ2) is 8.55. The Morgan fingerprint density at radius 2 is 1.94 bits per heavy atom. The molecule has 1 aliphatic heterocycles. The van der Waals surface area contributed by atoms with Crippen LogP contribution in [-0.4, -0.2) is 31.0 Å². The second-order valence-corrected chi connectivity index (χ2v) is 8.94. The number of nitrogens with zero attached hydrogens (tertiary/aromatic N) is 1. The van der Waals surface area contributed by atoms with Crippen LogP contribution in [0.5, 0.6) is 11.5 Å². The van der Waals surface area contributed by atoms with Gasteiger partial charge in [0.25, 0.3) is 5.91 Å². The molecule has 5 rings (SSSR count). The molecule has 34 heavy (non-hydrogen) atoms. The average Bonchev–Trinajstić information content (AvgIpc) is 3.57. The number of carbonyl (C=O) groups excluding carboxylic acids is 2. The van der Waals surface area contributed by atoms with Crippen LogP contribution in [0.1, 0.15) is 21.5 Å². The minimum absolute atomic E-state index is 0.0426. The SMILES string of the molecule is COc1cccc(N2C(=O)C(O)=C(C(=O)c3cc4cc(Cl)cc(OC)c4o3)C2c2cccs2)c1. The Hall–Kier alpha value is -3.75. The highest BCUT2D eigenvalue weighted by molar-refractivity contribution is 7.10. The number of hydrogen-bond donors (Lipinski definition) is 1. The van der Waals surface area contributed by atoms with Gasteiger partial charge < -0.3 is 19.0 Å². The number of carbonyl (C=O) groups is 2. The van der Waals surface area contributed by atoms with Crippen LogP contribution < -0.4 is 14.4 Å². The van der Waals surface area contributed by atoms with Gasteiger partial charge in [0.1, 0.15) is 11.8 Å². The second-order valence-electron chi connectivity index (χ2n) is 7.52. The van der Waals surface area contributed by atoms with Gasteiger partial charge in [-0.3, -0.25) is 14.5 Å². The molecule has 0 saturated carbocycles. The van der Waals surface area contributed by atoms with Crippen molar-refractivity contribution in [3.63, 3.8) is 0 Å². The quantitative estimate of drug-likeness (QED) is 0.332. The van der Waals surface area contributed by atoms with Crippen LogP contribution in [0.4, 0.5) is 5.69 Å². The lowest BCUT2D eigenvalue weighted by Gasteiger charge is -2.25. The molecule has 0 fully saturated rings. The molecule has 0 spiro atoms. The number of aliphatic hydroxyl groups is 1. The van der Waals surface area contributed by atoms with Crippen molar-refractivity contribution in [1.29, 1.82) is 0 Å². The highest BCUT2D eigenvalue weighted by atomic mass is 35.5. The van der Waals surface area contributed by atoms with E-state index in [1.165, 1.54) is 36.5 Å². The van der Waals surface area contributed by atoms with Gasteiger partial charge in [0, 0.05) is 33.1 Å². The van der Waals surface area contributed by atoms with Gasteiger partial charge in [0.15, 0.2) is 22.9 Å². The molecule has 0 saturated heterocycles. The first-order chi connectivity index (χ1) is 16.4. The Labute approximate surface area is 203 Å². The number of Topliss-reactive ketones (excluding diaryl/α,β-unsaturated/α-hetero) is 1. The van der Waals surface area contributed by atoms with Gasteiger partial charge in [-0.2, -0.15) is 0 Å². The van der Waals surface area contributed by atoms with Crippen LogP contribution in [0.2, 0.25) is 5.02 Å². The number of aliphatic hydroxyl groups excluding tert-OH is 1. The first kappa shape index (κ1) is 22.1. The third kappa shape index (κ3) is 3.52. The van der Waals surface area contributed by atoms with Crippen LogP contribution in [0.25, 0.3) is 11.0 Å². The maximum absolute atomic E-state index is 13.7. The molecule has 1 atom stereocenters. The zero-order valence-electron chi connectivity index (χ0n) is 18.1. The van der Waals surface area contributed by atoms with Crippen LogP contribution in [0.3, 0.4) is 0 Å². The first-order valence-corrected chi connectivity index (χ1v) is 11.4. The van der Waals surface area contributed by atoms with E-state index in [4.69, 9.17) is 25.5 Å². The number of methoxy groups -OCH3 is 2. The Bertz CT molecular complexity index is 1460. The van der Waals surface area contributed by atoms with E-state index >= 15 is 0 Å². The molecule has 0 aliphatic carbocycles. The Morgan fingerprint density at radius 3 is 2.65 bits per heavy atom. The molecule has 4 aromatic rings. The molecule has 2 aromatic heterocycles. The summed E-state index contributed by atoms with van der Waals surface area (Å²) in [5.41, 5.74) is 0.756. The molecule has 9 heteroatoms. The fourth-order valence-electron chi connectivity index (χ4n) is 4.06. The topological polar surface area (TPSA) is 89.2 Å². The van der Waals surface area contributed by atoms with E-state index in [9.17, 15) is 14.7 Å². The third-order valence-corrected chi connectivity index (χ3v) is 6.73. The molecule has 0 radical (unpaired) electrons. The predicted molar refractivity (Wildman–Crippen MR) is 129 cm³/mol. The number of anilines is 1. The minimum atomic E-state index is -0.842. The van der Waals surface area contributed by atoms with Crippen molar-refractivity contribution >= 4 is 51.3 Å². The van der Waals surface area contributed by atoms with Crippen molar-refractivity contribution in [2.45, 2.75) is 6.04 Å². The number of hydrogen-bond acceptors (Lipinski definition) is 7. The van der Waals surface area contributed by atoms with Gasteiger partial charge in [-0.05, 0) is 35.7 Å². The fraction of sp³-hybridized carbons (Fsp3) is 0.120. The maximum Gasteiger partial charge on any atom is 0.294 e. The fourth-order valence-corrected chi connectivity index (χ4v) is 5.10. The summed E-state index contributed by atoms with van der Waals surface area (Å²) in [4.78, 5) is 29.0. The predicted octanol–water partition coefficient (Wildman–Crippen LogP) is 5.95. The van der Waals surface area contributed by atoms with Crippen LogP contribution in [0.15, 0.2) is 75.7 Å². The molecular formula is C25H18ClNO6S. The summed E-state index contributed by atoms with van der Waals surface area (Å²) < 4.78 is 16.4. The number of fused-ring (bicyclic) bond motifs is 1. The van der Waals surface area contributed by atoms with Crippen LogP contribution in [-0.2, 0) is 4.79 Å². The summed E-state index contributed by atoms with van der Waals surface area (Å²) in [6.45, 7) is 0. The molecule has 1 amide bonds. The number of ketones is 1. The van der Waals surface area contributed by atoms with Crippen LogP contribution >= 0.6 is 22.9 Å². The molecule has 1 aliphatic rings. The molecule has 3 heterocycles. The summed E-state index contributed by atoms with van der Waals surface area (Å²) in [7, 11) is 2.99. The Kier molecular flexibility index (Phi) is 5.55. The lowest BCUT2D eigenvalue weighted by Crippen LogP contribution is -2.30. The average molecular weight is 496 g/mol. The van der Waals surface area contributed by atoms with E-state index < -0.39 is 23.5 Å². The van der Waals surface area contributed by atoms with Gasteiger partial charge in [-0.1, -0.05) is 23.7 Å². The van der Waals surface area contributed by atoms with Gasteiger partial charge in [-0.15, -0.1) is 11.3 Å². The van der Waals surface area contributed by atoms with E-state index in [0.29, 0.717) is 38.1 Å². The summed E-state index contributed by atoms with van der Waals surface area (Å²) in [6, 6.07) is 14.4. The molecule has 7 nitrogen and oxygen atoms in total. The Morgan fingerprint density at radius 1 is 1.12 bits per heavy atom. The summed E-state index contributed by atoms with van der Waals surface area (Å²) in [5.74, 6) is -1.06. The van der Waals surface area contributed by atoms with Crippen molar-refractivity contribution in [3.8, 4) is 11.5 Å². The number of benzene rings is 2. The van der Waals surface area contributed by atoms with Gasteiger partial charge in [-0.25, -0.2) is 0 Å². The van der Waals surface area contributed by atoms with E-state index in [1.54, 1.807) is 36.4 Å². The zero-order valence-corrected chi connectivity index (χ0v) is 19.6. The zero-order chi connectivity index (χ0) is 24.0. The van der Waals surface area contributed by atoms with Crippen molar-refractivity contribution < 1.29 is 28.6 Å². The monoisotopic (exact) mass is 495 g/mol. The normalized spacial score (nSPS) is 15.9. The molecule has 1 unspecified atom stereocenters. The number of rotatable bonds is 6. The molecule has 2 aromatic carbocycles. The number of thiophene rings is 1. The third-order valence-electron chi connectivity index (χ3n) is 5.59. The maximum atomic E-state index is 13.7. The first-order valence-electron chi connectivity index (χ1n) is 10.2. The van der Waals surface area contributed by atoms with E-state index in [2.05, 4.69) is 0 Å². The van der Waals surface area contributed by atoms with Crippen molar-refractivity contribution in [3.05, 3.63) is 87.0 Å². The molecule has 1 N–H and O–H groups in total. The summed E-state index contributed by atoms with van der Waals surface area (Å²) in [5, 5.41) is 13.7. The van der Waals surface area contributed by atoms with Gasteiger partial charge >= 0.3 is 0 Å². The van der Waals surface area contributed by atoms with Crippen molar-refractivity contribution in [2.24, 2.45) is 0 Å². The highest BCUT2D eigenvalue weighted by Gasteiger charge is 2.46. The number of halogens is 1. The lowest BCUT2D eigenvalue weighted by molar-refractivity contribution is -0.117. The molecule has 0 bridgehead atoms.